The Morgan fingerprint density at radius 3 is 2.58 bits per heavy atom. The number of alkyl halides is 2. The monoisotopic (exact) mass is 489 g/mol. The summed E-state index contributed by atoms with van der Waals surface area (Å²) in [6, 6.07) is -1.86. The van der Waals surface area contributed by atoms with E-state index in [0.717, 1.165) is 0 Å². The number of nitrogens with one attached hydrogen (secondary N) is 2. The third-order valence-electron chi connectivity index (χ3n) is 6.40. The van der Waals surface area contributed by atoms with Crippen LogP contribution in [-0.2, 0) is 19.2 Å². The van der Waals surface area contributed by atoms with Gasteiger partial charge in [0, 0.05) is 42.8 Å². The maximum atomic E-state index is 13.6. The van der Waals surface area contributed by atoms with Gasteiger partial charge in [-0.05, 0) is 13.3 Å². The molecule has 3 aliphatic heterocycles. The van der Waals surface area contributed by atoms with Gasteiger partial charge in [0.25, 0.3) is 5.91 Å². The molecule has 0 spiro atoms. The number of nitrogens with zero attached hydrogens (tertiary/aromatic N) is 2. The zero-order valence-electron chi connectivity index (χ0n) is 18.8. The van der Waals surface area contributed by atoms with E-state index in [2.05, 4.69) is 10.6 Å². The quantitative estimate of drug-likeness (QED) is 0.331. The van der Waals surface area contributed by atoms with Crippen molar-refractivity contribution >= 4 is 35.5 Å². The number of nitrogens with two attached hydrogens (primary N) is 1. The predicted molar refractivity (Wildman–Crippen MR) is 116 cm³/mol. The molecule has 3 amide bonds. The molecule has 0 aliphatic carbocycles. The minimum absolute atomic E-state index is 0.0667. The molecule has 33 heavy (non-hydrogen) atoms. The van der Waals surface area contributed by atoms with Crippen molar-refractivity contribution < 1.29 is 33.1 Å². The highest BCUT2D eigenvalue weighted by Gasteiger charge is 2.61. The van der Waals surface area contributed by atoms with E-state index in [-0.39, 0.29) is 28.8 Å². The number of carboxylic acids is 1. The summed E-state index contributed by atoms with van der Waals surface area (Å²) in [6.45, 7) is 2.57. The lowest BCUT2D eigenvalue weighted by atomic mass is 9.78. The molecule has 5 N–H and O–H groups in total. The normalized spacial score (nSPS) is 30.1. The topological polar surface area (TPSA) is 145 Å². The van der Waals surface area contributed by atoms with Crippen LogP contribution in [0.15, 0.2) is 10.6 Å². The van der Waals surface area contributed by atoms with Gasteiger partial charge in [-0.2, -0.15) is 8.78 Å². The van der Waals surface area contributed by atoms with Crippen LogP contribution in [0.3, 0.4) is 0 Å². The van der Waals surface area contributed by atoms with Gasteiger partial charge in [0.05, 0.1) is 24.5 Å². The second kappa shape index (κ2) is 9.18. The minimum atomic E-state index is -3.76. The molecule has 13 heteroatoms. The van der Waals surface area contributed by atoms with Crippen LogP contribution < -0.4 is 16.4 Å². The van der Waals surface area contributed by atoms with Gasteiger partial charge >= 0.3 is 11.9 Å². The fraction of sp³-hybridized carbons (Fsp3) is 0.700. The number of carbonyl (C=O) groups excluding carboxylic acids is 3. The van der Waals surface area contributed by atoms with Crippen LogP contribution in [0.4, 0.5) is 8.78 Å². The fourth-order valence-electron chi connectivity index (χ4n) is 4.66. The molecular formula is C20H29F2N5O5S. The van der Waals surface area contributed by atoms with E-state index in [1.807, 2.05) is 0 Å². The number of hydrogen-bond acceptors (Lipinski definition) is 7. The molecule has 0 radical (unpaired) electrons. The van der Waals surface area contributed by atoms with E-state index in [0.29, 0.717) is 17.9 Å². The van der Waals surface area contributed by atoms with Crippen molar-refractivity contribution in [1.82, 2.24) is 20.4 Å². The second-order valence-electron chi connectivity index (χ2n) is 8.87. The summed E-state index contributed by atoms with van der Waals surface area (Å²) in [5.74, 6) is -8.39. The van der Waals surface area contributed by atoms with Crippen LogP contribution in [0.25, 0.3) is 0 Å². The molecule has 0 aromatic rings. The van der Waals surface area contributed by atoms with Crippen molar-refractivity contribution in [2.75, 3.05) is 27.2 Å². The Morgan fingerprint density at radius 2 is 2.03 bits per heavy atom. The van der Waals surface area contributed by atoms with E-state index >= 15 is 0 Å². The zero-order chi connectivity index (χ0) is 24.8. The van der Waals surface area contributed by atoms with Crippen LogP contribution in [0, 0.1) is 11.8 Å². The summed E-state index contributed by atoms with van der Waals surface area (Å²) in [7, 11) is 3.32. The van der Waals surface area contributed by atoms with Crippen molar-refractivity contribution in [3.63, 3.8) is 0 Å². The number of rotatable bonds is 8. The summed E-state index contributed by atoms with van der Waals surface area (Å²) in [5.41, 5.74) is 4.82. The summed E-state index contributed by atoms with van der Waals surface area (Å²) in [4.78, 5) is 52.1. The highest BCUT2D eigenvalue weighted by molar-refractivity contribution is 8.03. The summed E-state index contributed by atoms with van der Waals surface area (Å²) in [5, 5.41) is 15.0. The van der Waals surface area contributed by atoms with E-state index in [1.54, 1.807) is 21.0 Å². The Morgan fingerprint density at radius 1 is 1.39 bits per heavy atom. The molecule has 10 nitrogen and oxygen atoms in total. The predicted octanol–water partition coefficient (Wildman–Crippen LogP) is -0.590. The number of likely N-dealkylation sites (N-methyl/N-ethyl adjacent to an activating group) is 1. The fourth-order valence-corrected chi connectivity index (χ4v) is 6.14. The Balaban J connectivity index is 1.75. The van der Waals surface area contributed by atoms with Gasteiger partial charge in [-0.15, -0.1) is 11.8 Å². The first-order valence-corrected chi connectivity index (χ1v) is 11.5. The molecular weight excluding hydrogens is 460 g/mol. The van der Waals surface area contributed by atoms with Crippen LogP contribution in [0.2, 0.25) is 0 Å². The van der Waals surface area contributed by atoms with Crippen molar-refractivity contribution in [3.05, 3.63) is 10.6 Å². The number of carboxylic acid groups (broad SMARTS) is 1. The largest absolute Gasteiger partial charge is 0.477 e. The number of halogens is 2. The highest BCUT2D eigenvalue weighted by Crippen LogP contribution is 2.51. The first kappa shape index (κ1) is 25.4. The number of aliphatic carboxylic acids is 1. The highest BCUT2D eigenvalue weighted by atomic mass is 32.2. The first-order valence-electron chi connectivity index (χ1n) is 10.6. The zero-order valence-corrected chi connectivity index (χ0v) is 19.6. The summed E-state index contributed by atoms with van der Waals surface area (Å²) in [6.07, 6.45) is 0.507. The van der Waals surface area contributed by atoms with Crippen LogP contribution in [0.5, 0.6) is 0 Å². The Hall–Kier alpha value is -2.25. The maximum Gasteiger partial charge on any atom is 0.353 e. The van der Waals surface area contributed by atoms with Gasteiger partial charge in [-0.25, -0.2) is 4.79 Å². The lowest BCUT2D eigenvalue weighted by Gasteiger charge is -2.47. The lowest BCUT2D eigenvalue weighted by molar-refractivity contribution is -0.160. The van der Waals surface area contributed by atoms with Gasteiger partial charge in [-0.3, -0.25) is 14.4 Å². The van der Waals surface area contributed by atoms with Gasteiger partial charge in [-0.1, -0.05) is 6.92 Å². The SMILES string of the molecule is C[C@@H](NC(=O)C(F)(F)CN)[C@H]1C(=O)N2C(C(=O)O)=C(S[C@@H]3CN[C@H](C(=O)N(C)C)C3)[C@H](C)[C@H]12. The van der Waals surface area contributed by atoms with E-state index in [4.69, 9.17) is 5.73 Å². The molecule has 3 rings (SSSR count). The Kier molecular flexibility index (Phi) is 7.06. The van der Waals surface area contributed by atoms with Gasteiger partial charge in [0.15, 0.2) is 0 Å². The van der Waals surface area contributed by atoms with Crippen LogP contribution >= 0.6 is 11.8 Å². The number of amides is 3. The third kappa shape index (κ3) is 4.45. The van der Waals surface area contributed by atoms with Crippen LogP contribution in [-0.4, -0.2) is 95.1 Å². The molecule has 0 aromatic heterocycles. The summed E-state index contributed by atoms with van der Waals surface area (Å²) >= 11 is 1.33. The Bertz CT molecular complexity index is 898. The average Bonchev–Trinajstić information content (AvgIpc) is 3.29. The lowest BCUT2D eigenvalue weighted by Crippen LogP contribution is -2.67. The van der Waals surface area contributed by atoms with Gasteiger partial charge in [0.1, 0.15) is 5.70 Å². The maximum absolute atomic E-state index is 13.6. The van der Waals surface area contributed by atoms with Crippen molar-refractivity contribution in [1.29, 1.82) is 0 Å². The smallest absolute Gasteiger partial charge is 0.353 e. The van der Waals surface area contributed by atoms with Crippen molar-refractivity contribution in [2.45, 2.75) is 49.6 Å². The molecule has 0 unspecified atom stereocenters. The molecule has 6 atom stereocenters. The number of hydrogen-bond donors (Lipinski definition) is 4. The molecule has 0 bridgehead atoms. The van der Waals surface area contributed by atoms with E-state index in [1.165, 1.54) is 28.5 Å². The first-order chi connectivity index (χ1) is 15.3. The second-order valence-corrected chi connectivity index (χ2v) is 10.2. The molecule has 0 aromatic carbocycles. The average molecular weight is 490 g/mol. The molecule has 0 saturated carbocycles. The summed E-state index contributed by atoms with van der Waals surface area (Å²) < 4.78 is 27.1. The van der Waals surface area contributed by atoms with Crippen molar-refractivity contribution in [2.24, 2.45) is 17.6 Å². The Labute approximate surface area is 194 Å². The van der Waals surface area contributed by atoms with E-state index in [9.17, 15) is 33.1 Å². The van der Waals surface area contributed by atoms with E-state index < -0.39 is 48.3 Å². The molecule has 2 saturated heterocycles. The van der Waals surface area contributed by atoms with Gasteiger partial charge < -0.3 is 31.3 Å². The number of thioether (sulfide) groups is 1. The molecule has 2 fully saturated rings. The minimum Gasteiger partial charge on any atom is -0.477 e. The molecule has 3 aliphatic rings. The molecule has 184 valence electrons. The molecule has 3 heterocycles. The third-order valence-corrected chi connectivity index (χ3v) is 7.91. The number of β-lactam (4-membered cyclic amide) rings is 1. The number of fused-ring (bicyclic) bond motifs is 1. The standard InChI is InChI=1S/C20H29F2N5O5S/c1-8-13-12(9(2)25-19(32)20(21,22)7-23)17(29)27(13)14(18(30)31)15(8)33-10-5-11(24-6-10)16(28)26(3)4/h8-13,24H,5-7,23H2,1-4H3,(H,25,32)(H,30,31)/t8-,9-,10+,11+,12-,13-/m1/s1. The van der Waals surface area contributed by atoms with Gasteiger partial charge in [0.2, 0.25) is 11.8 Å². The number of carbonyl (C=O) groups is 4. The van der Waals surface area contributed by atoms with Crippen molar-refractivity contribution in [3.8, 4) is 0 Å². The van der Waals surface area contributed by atoms with Crippen LogP contribution in [0.1, 0.15) is 20.3 Å².